The molecule has 3 heterocycles. The number of aromatic nitrogens is 3. The van der Waals surface area contributed by atoms with Crippen molar-refractivity contribution in [2.75, 3.05) is 18.0 Å². The summed E-state index contributed by atoms with van der Waals surface area (Å²) >= 11 is 3.43. The molecule has 1 aromatic carbocycles. The smallest absolute Gasteiger partial charge is 0.270 e. The minimum Gasteiger partial charge on any atom is -0.341 e. The van der Waals surface area contributed by atoms with Crippen molar-refractivity contribution >= 4 is 44.6 Å². The number of hydrogen-bond acceptors (Lipinski definition) is 6. The number of piperidine rings is 1. The second kappa shape index (κ2) is 8.74. The summed E-state index contributed by atoms with van der Waals surface area (Å²) in [6.07, 6.45) is 4.76. The Morgan fingerprint density at radius 3 is 2.57 bits per heavy atom. The third-order valence-corrected chi connectivity index (χ3v) is 5.64. The monoisotopic (exact) mass is 468 g/mol. The number of fused-ring (bicyclic) bond motifs is 1. The third kappa shape index (κ3) is 4.40. The summed E-state index contributed by atoms with van der Waals surface area (Å²) in [5, 5.41) is 0.720. The van der Waals surface area contributed by atoms with Gasteiger partial charge in [-0.15, -0.1) is 0 Å². The molecule has 1 fully saturated rings. The van der Waals surface area contributed by atoms with E-state index in [1.807, 2.05) is 25.1 Å². The largest absolute Gasteiger partial charge is 0.341 e. The molecule has 8 nitrogen and oxygen atoms in total. The van der Waals surface area contributed by atoms with Crippen molar-refractivity contribution in [1.82, 2.24) is 25.8 Å². The lowest BCUT2D eigenvalue weighted by Gasteiger charge is -2.31. The predicted octanol–water partition coefficient (Wildman–Crippen LogP) is 2.77. The standard InChI is InChI=1S/C21H21BrN6O2/c1-13-11-17(16-12-15(22)3-4-18(16)25-13)20(30)27-26-19(29)14-5-9-28(10-6-14)21-23-7-2-8-24-21/h2-4,7-8,11-12,14H,5-6,9-10H2,1H3,(H,26,29)(H,27,30). The Bertz CT molecular complexity index is 1080. The van der Waals surface area contributed by atoms with Crippen molar-refractivity contribution < 1.29 is 9.59 Å². The number of halogens is 1. The van der Waals surface area contributed by atoms with E-state index in [4.69, 9.17) is 0 Å². The highest BCUT2D eigenvalue weighted by molar-refractivity contribution is 9.10. The topological polar surface area (TPSA) is 100 Å². The lowest BCUT2D eigenvalue weighted by molar-refractivity contribution is -0.126. The molecule has 3 aromatic rings. The Kier molecular flexibility index (Phi) is 5.89. The number of benzene rings is 1. The fourth-order valence-electron chi connectivity index (χ4n) is 3.60. The van der Waals surface area contributed by atoms with Crippen LogP contribution in [0, 0.1) is 12.8 Å². The normalized spacial score (nSPS) is 14.5. The first-order valence-corrected chi connectivity index (χ1v) is 10.5. The number of hydrazine groups is 1. The number of nitrogens with zero attached hydrogens (tertiary/aromatic N) is 4. The molecular weight excluding hydrogens is 448 g/mol. The van der Waals surface area contributed by atoms with Gasteiger partial charge in [-0.25, -0.2) is 9.97 Å². The van der Waals surface area contributed by atoms with Crippen LogP contribution in [0.25, 0.3) is 10.9 Å². The van der Waals surface area contributed by atoms with Gasteiger partial charge < -0.3 is 4.90 Å². The van der Waals surface area contributed by atoms with Gasteiger partial charge in [-0.1, -0.05) is 15.9 Å². The molecule has 1 aliphatic heterocycles. The second-order valence-electron chi connectivity index (χ2n) is 7.23. The molecule has 0 unspecified atom stereocenters. The van der Waals surface area contributed by atoms with Gasteiger partial charge in [0.15, 0.2) is 0 Å². The van der Waals surface area contributed by atoms with E-state index in [2.05, 4.69) is 46.6 Å². The van der Waals surface area contributed by atoms with E-state index >= 15 is 0 Å². The average Bonchev–Trinajstić information content (AvgIpc) is 2.77. The molecule has 9 heteroatoms. The highest BCUT2D eigenvalue weighted by Gasteiger charge is 2.26. The second-order valence-corrected chi connectivity index (χ2v) is 8.14. The molecule has 4 rings (SSSR count). The van der Waals surface area contributed by atoms with E-state index in [0.717, 1.165) is 21.1 Å². The van der Waals surface area contributed by atoms with Crippen LogP contribution in [0.5, 0.6) is 0 Å². The Labute approximate surface area is 182 Å². The molecule has 30 heavy (non-hydrogen) atoms. The van der Waals surface area contributed by atoms with E-state index in [0.29, 0.717) is 37.4 Å². The van der Waals surface area contributed by atoms with Gasteiger partial charge in [0.2, 0.25) is 11.9 Å². The van der Waals surface area contributed by atoms with Crippen LogP contribution in [-0.4, -0.2) is 39.9 Å². The fourth-order valence-corrected chi connectivity index (χ4v) is 3.96. The molecule has 0 radical (unpaired) electrons. The number of rotatable bonds is 3. The van der Waals surface area contributed by atoms with E-state index in [-0.39, 0.29) is 17.7 Å². The molecule has 0 atom stereocenters. The maximum Gasteiger partial charge on any atom is 0.270 e. The van der Waals surface area contributed by atoms with Crippen LogP contribution in [0.1, 0.15) is 28.9 Å². The van der Waals surface area contributed by atoms with Crippen molar-refractivity contribution in [2.24, 2.45) is 5.92 Å². The van der Waals surface area contributed by atoms with Crippen molar-refractivity contribution in [3.8, 4) is 0 Å². The molecule has 0 bridgehead atoms. The van der Waals surface area contributed by atoms with E-state index in [9.17, 15) is 9.59 Å². The maximum absolute atomic E-state index is 12.8. The van der Waals surface area contributed by atoms with Gasteiger partial charge in [-0.05, 0) is 50.1 Å². The van der Waals surface area contributed by atoms with Crippen LogP contribution in [-0.2, 0) is 4.79 Å². The van der Waals surface area contributed by atoms with Crippen LogP contribution < -0.4 is 15.8 Å². The molecule has 0 spiro atoms. The summed E-state index contributed by atoms with van der Waals surface area (Å²) in [4.78, 5) is 40.3. The lowest BCUT2D eigenvalue weighted by Crippen LogP contribution is -2.47. The highest BCUT2D eigenvalue weighted by atomic mass is 79.9. The molecule has 154 valence electrons. The Morgan fingerprint density at radius 2 is 1.83 bits per heavy atom. The van der Waals surface area contributed by atoms with Crippen molar-refractivity contribution in [1.29, 1.82) is 0 Å². The molecular formula is C21H21BrN6O2. The SMILES string of the molecule is Cc1cc(C(=O)NNC(=O)C2CCN(c3ncccn3)CC2)c2cc(Br)ccc2n1. The van der Waals surface area contributed by atoms with E-state index in [1.54, 1.807) is 24.5 Å². The lowest BCUT2D eigenvalue weighted by atomic mass is 9.96. The molecule has 0 aliphatic carbocycles. The van der Waals surface area contributed by atoms with Crippen molar-refractivity contribution in [2.45, 2.75) is 19.8 Å². The number of hydrogen-bond donors (Lipinski definition) is 2. The quantitative estimate of drug-likeness (QED) is 0.573. The molecule has 0 saturated carbocycles. The molecule has 1 aliphatic rings. The summed E-state index contributed by atoms with van der Waals surface area (Å²) in [5.41, 5.74) is 7.07. The Morgan fingerprint density at radius 1 is 1.10 bits per heavy atom. The summed E-state index contributed by atoms with van der Waals surface area (Å²) in [6.45, 7) is 3.22. The summed E-state index contributed by atoms with van der Waals surface area (Å²) < 4.78 is 0.855. The minimum atomic E-state index is -0.368. The maximum atomic E-state index is 12.8. The van der Waals surface area contributed by atoms with Gasteiger partial charge in [0.05, 0.1) is 11.1 Å². The molecule has 1 saturated heterocycles. The molecule has 2 N–H and O–H groups in total. The number of carbonyl (C=O) groups excluding carboxylic acids is 2. The van der Waals surface area contributed by atoms with Gasteiger partial charge in [0.1, 0.15) is 0 Å². The number of carbonyl (C=O) groups is 2. The average molecular weight is 469 g/mol. The van der Waals surface area contributed by atoms with Crippen molar-refractivity contribution in [3.63, 3.8) is 0 Å². The van der Waals surface area contributed by atoms with Gasteiger partial charge >= 0.3 is 0 Å². The van der Waals surface area contributed by atoms with Gasteiger partial charge in [0, 0.05) is 47.0 Å². The number of nitrogens with one attached hydrogen (secondary N) is 2. The number of pyridine rings is 1. The van der Waals surface area contributed by atoms with Crippen LogP contribution in [0.3, 0.4) is 0 Å². The third-order valence-electron chi connectivity index (χ3n) is 5.14. The summed E-state index contributed by atoms with van der Waals surface area (Å²) in [7, 11) is 0. The Hall–Kier alpha value is -3.07. The number of amides is 2. The van der Waals surface area contributed by atoms with Crippen LogP contribution in [0.4, 0.5) is 5.95 Å². The molecule has 2 amide bonds. The van der Waals surface area contributed by atoms with Gasteiger partial charge in [-0.3, -0.25) is 25.4 Å². The zero-order valence-corrected chi connectivity index (χ0v) is 18.0. The first-order valence-electron chi connectivity index (χ1n) is 9.70. The fraction of sp³-hybridized carbons (Fsp3) is 0.286. The first-order chi connectivity index (χ1) is 14.5. The van der Waals surface area contributed by atoms with Crippen molar-refractivity contribution in [3.05, 3.63) is 58.5 Å². The zero-order chi connectivity index (χ0) is 21.1. The summed E-state index contributed by atoms with van der Waals surface area (Å²) in [6, 6.07) is 9.07. The van der Waals surface area contributed by atoms with E-state index in [1.165, 1.54) is 0 Å². The summed E-state index contributed by atoms with van der Waals surface area (Å²) in [5.74, 6) is -0.0496. The van der Waals surface area contributed by atoms with Crippen LogP contribution in [0.15, 0.2) is 47.2 Å². The van der Waals surface area contributed by atoms with Gasteiger partial charge in [-0.2, -0.15) is 0 Å². The molecule has 2 aromatic heterocycles. The zero-order valence-electron chi connectivity index (χ0n) is 16.4. The number of aryl methyl sites for hydroxylation is 1. The minimum absolute atomic E-state index is 0.171. The highest BCUT2D eigenvalue weighted by Crippen LogP contribution is 2.23. The van der Waals surface area contributed by atoms with Crippen LogP contribution >= 0.6 is 15.9 Å². The number of anilines is 1. The van der Waals surface area contributed by atoms with E-state index < -0.39 is 0 Å². The van der Waals surface area contributed by atoms with Gasteiger partial charge in [0.25, 0.3) is 5.91 Å². The van der Waals surface area contributed by atoms with Crippen LogP contribution in [0.2, 0.25) is 0 Å². The first kappa shape index (κ1) is 20.2. The Balaban J connectivity index is 1.37. The predicted molar refractivity (Wildman–Crippen MR) is 117 cm³/mol.